The van der Waals surface area contributed by atoms with Gasteiger partial charge in [0.1, 0.15) is 0 Å². The maximum Gasteiger partial charge on any atom is 0.372 e. The number of carboxylic acids is 4. The van der Waals surface area contributed by atoms with Crippen LogP contribution in [0.4, 0.5) is 0 Å². The molecule has 0 heterocycles. The van der Waals surface area contributed by atoms with Crippen molar-refractivity contribution in [2.45, 2.75) is 12.8 Å². The molecule has 100 valence electrons. The predicted octanol–water partition coefficient (Wildman–Crippen LogP) is -0.783. The van der Waals surface area contributed by atoms with Gasteiger partial charge in [0.15, 0.2) is 0 Å². The number of ketones is 1. The van der Waals surface area contributed by atoms with Gasteiger partial charge in [-0.05, 0) is 0 Å². The molecule has 0 atom stereocenters. The van der Waals surface area contributed by atoms with Gasteiger partial charge in [0.2, 0.25) is 5.78 Å². The highest BCUT2D eigenvalue weighted by molar-refractivity contribution is 6.32. The number of Topliss-reactive ketones (excluding diaryl/α,β-unsaturated/α-hetero) is 1. The third-order valence-corrected chi connectivity index (χ3v) is 1.17. The Kier molecular flexibility index (Phi) is 9.34. The molecule has 0 rings (SSSR count). The van der Waals surface area contributed by atoms with Gasteiger partial charge in [0, 0.05) is 18.6 Å². The van der Waals surface area contributed by atoms with E-state index in [4.69, 9.17) is 20.4 Å². The fraction of sp³-hybridized carbons (Fsp3) is 0.222. The lowest BCUT2D eigenvalue weighted by atomic mass is 10.2. The second kappa shape index (κ2) is 9.51. The van der Waals surface area contributed by atoms with Gasteiger partial charge in [-0.2, -0.15) is 0 Å². The standard InChI is InChI=1S/C5H6O5.C4H4O4/c6-3(5(9)10)1-2-4(7)8;5-3(6)1-2-4(7)8/h1-2H2,(H,7,8)(H,9,10);1-2H,(H,5,6)(H,7,8). The zero-order valence-electron chi connectivity index (χ0n) is 8.90. The maximum atomic E-state index is 10.2. The molecule has 0 radical (unpaired) electrons. The van der Waals surface area contributed by atoms with Gasteiger partial charge in [-0.25, -0.2) is 14.4 Å². The number of rotatable bonds is 6. The van der Waals surface area contributed by atoms with Gasteiger partial charge < -0.3 is 20.4 Å². The topological polar surface area (TPSA) is 166 Å². The van der Waals surface area contributed by atoms with E-state index in [1.54, 1.807) is 0 Å². The maximum absolute atomic E-state index is 10.2. The van der Waals surface area contributed by atoms with Gasteiger partial charge in [-0.3, -0.25) is 9.59 Å². The predicted molar refractivity (Wildman–Crippen MR) is 53.9 cm³/mol. The molecule has 0 aromatic carbocycles. The van der Waals surface area contributed by atoms with Crippen molar-refractivity contribution in [3.05, 3.63) is 12.2 Å². The number of carboxylic acid groups (broad SMARTS) is 4. The van der Waals surface area contributed by atoms with Crippen LogP contribution in [0.2, 0.25) is 0 Å². The largest absolute Gasteiger partial charge is 0.481 e. The van der Waals surface area contributed by atoms with Crippen molar-refractivity contribution in [2.24, 2.45) is 0 Å². The molecule has 0 amide bonds. The van der Waals surface area contributed by atoms with Crippen molar-refractivity contribution in [3.63, 3.8) is 0 Å². The average Bonchev–Trinajstić information content (AvgIpc) is 2.23. The van der Waals surface area contributed by atoms with Gasteiger partial charge >= 0.3 is 23.9 Å². The van der Waals surface area contributed by atoms with Crippen molar-refractivity contribution in [1.82, 2.24) is 0 Å². The van der Waals surface area contributed by atoms with Crippen molar-refractivity contribution in [2.75, 3.05) is 0 Å². The Morgan fingerprint density at radius 2 is 1.11 bits per heavy atom. The van der Waals surface area contributed by atoms with E-state index in [1.165, 1.54) is 0 Å². The summed E-state index contributed by atoms with van der Waals surface area (Å²) in [6.45, 7) is 0. The van der Waals surface area contributed by atoms with Crippen LogP contribution in [0.5, 0.6) is 0 Å². The van der Waals surface area contributed by atoms with Crippen LogP contribution in [0.1, 0.15) is 12.8 Å². The molecule has 18 heavy (non-hydrogen) atoms. The van der Waals surface area contributed by atoms with Crippen LogP contribution in [0.25, 0.3) is 0 Å². The Hall–Kier alpha value is -2.71. The Bertz CT molecular complexity index is 363. The average molecular weight is 262 g/mol. The van der Waals surface area contributed by atoms with Crippen LogP contribution in [-0.4, -0.2) is 50.1 Å². The summed E-state index contributed by atoms with van der Waals surface area (Å²) in [5.41, 5.74) is 0. The van der Waals surface area contributed by atoms with Crippen molar-refractivity contribution in [1.29, 1.82) is 0 Å². The molecule has 0 aromatic heterocycles. The van der Waals surface area contributed by atoms with E-state index in [1.807, 2.05) is 0 Å². The minimum absolute atomic E-state index is 0.425. The number of carbonyl (C=O) groups is 5. The molecule has 0 spiro atoms. The van der Waals surface area contributed by atoms with Crippen LogP contribution < -0.4 is 0 Å². The second-order valence-electron chi connectivity index (χ2n) is 2.63. The fourth-order valence-electron chi connectivity index (χ4n) is 0.470. The molecule has 9 nitrogen and oxygen atoms in total. The lowest BCUT2D eigenvalue weighted by Crippen LogP contribution is -2.13. The number of hydrogen-bond donors (Lipinski definition) is 4. The smallest absolute Gasteiger partial charge is 0.372 e. The van der Waals surface area contributed by atoms with Gasteiger partial charge in [0.05, 0.1) is 6.42 Å². The molecule has 0 saturated heterocycles. The zero-order valence-corrected chi connectivity index (χ0v) is 8.90. The Balaban J connectivity index is 0. The Morgan fingerprint density at radius 3 is 1.33 bits per heavy atom. The van der Waals surface area contributed by atoms with Crippen molar-refractivity contribution < 1.29 is 44.4 Å². The first kappa shape index (κ1) is 17.7. The van der Waals surface area contributed by atoms with Gasteiger partial charge in [0.25, 0.3) is 0 Å². The molecule has 0 aliphatic rings. The van der Waals surface area contributed by atoms with E-state index in [2.05, 4.69) is 0 Å². The molecule has 9 heteroatoms. The van der Waals surface area contributed by atoms with Crippen LogP contribution in [0.15, 0.2) is 12.2 Å². The van der Waals surface area contributed by atoms with E-state index < -0.39 is 42.5 Å². The number of aliphatic carboxylic acids is 4. The minimum atomic E-state index is -1.58. The van der Waals surface area contributed by atoms with Crippen LogP contribution in [-0.2, 0) is 24.0 Å². The third-order valence-electron chi connectivity index (χ3n) is 1.17. The van der Waals surface area contributed by atoms with E-state index in [9.17, 15) is 24.0 Å². The summed E-state index contributed by atoms with van der Waals surface area (Å²) in [5, 5.41) is 31.6. The Morgan fingerprint density at radius 1 is 0.722 bits per heavy atom. The van der Waals surface area contributed by atoms with Crippen LogP contribution in [0, 0.1) is 0 Å². The van der Waals surface area contributed by atoms with E-state index in [0.717, 1.165) is 0 Å². The molecule has 0 aliphatic carbocycles. The number of hydrogen-bond acceptors (Lipinski definition) is 5. The molecular formula is C9H10O9. The van der Waals surface area contributed by atoms with E-state index in [-0.39, 0.29) is 0 Å². The summed E-state index contributed by atoms with van der Waals surface area (Å²) >= 11 is 0. The van der Waals surface area contributed by atoms with Crippen LogP contribution in [0.3, 0.4) is 0 Å². The van der Waals surface area contributed by atoms with E-state index >= 15 is 0 Å². The molecule has 0 fully saturated rings. The van der Waals surface area contributed by atoms with E-state index in [0.29, 0.717) is 12.2 Å². The monoisotopic (exact) mass is 262 g/mol. The summed E-state index contributed by atoms with van der Waals surface area (Å²) in [5.74, 6) is -6.34. The highest BCUT2D eigenvalue weighted by Crippen LogP contribution is 1.89. The quantitative estimate of drug-likeness (QED) is 0.354. The normalized spacial score (nSPS) is 9.11. The molecule has 0 bridgehead atoms. The molecule has 0 saturated carbocycles. The van der Waals surface area contributed by atoms with Gasteiger partial charge in [-0.15, -0.1) is 0 Å². The molecule has 0 aromatic rings. The third kappa shape index (κ3) is 15.7. The summed E-state index contributed by atoms with van der Waals surface area (Å²) in [6, 6.07) is 0. The first-order valence-electron chi connectivity index (χ1n) is 4.28. The SMILES string of the molecule is O=C(O)C=CC(=O)O.O=C(O)CCC(=O)C(=O)O. The lowest BCUT2D eigenvalue weighted by Gasteiger charge is -1.88. The fourth-order valence-corrected chi connectivity index (χ4v) is 0.470. The summed E-state index contributed by atoms with van der Waals surface area (Å²) < 4.78 is 0. The molecule has 0 unspecified atom stereocenters. The van der Waals surface area contributed by atoms with Crippen molar-refractivity contribution >= 4 is 29.7 Å². The zero-order chi connectivity index (χ0) is 14.7. The molecule has 0 aliphatic heterocycles. The highest BCUT2D eigenvalue weighted by Gasteiger charge is 2.12. The minimum Gasteiger partial charge on any atom is -0.481 e. The summed E-state index contributed by atoms with van der Waals surface area (Å²) in [6.07, 6.45) is 0.250. The van der Waals surface area contributed by atoms with Gasteiger partial charge in [-0.1, -0.05) is 0 Å². The van der Waals surface area contributed by atoms with Crippen molar-refractivity contribution in [3.8, 4) is 0 Å². The first-order chi connectivity index (χ1) is 8.16. The molecule has 4 N–H and O–H groups in total. The first-order valence-corrected chi connectivity index (χ1v) is 4.28. The summed E-state index contributed by atoms with van der Waals surface area (Å²) in [4.78, 5) is 48.8. The lowest BCUT2D eigenvalue weighted by molar-refractivity contribution is -0.149. The Labute approximate surface area is 100.0 Å². The molecular weight excluding hydrogens is 252 g/mol. The van der Waals surface area contributed by atoms with Crippen LogP contribution >= 0.6 is 0 Å². The summed E-state index contributed by atoms with van der Waals surface area (Å²) in [7, 11) is 0. The highest BCUT2D eigenvalue weighted by atomic mass is 16.4. The number of carbonyl (C=O) groups excluding carboxylic acids is 1. The second-order valence-corrected chi connectivity index (χ2v) is 2.63.